The van der Waals surface area contributed by atoms with Crippen molar-refractivity contribution in [3.8, 4) is 5.75 Å². The summed E-state index contributed by atoms with van der Waals surface area (Å²) in [7, 11) is 1.63. The van der Waals surface area contributed by atoms with Crippen LogP contribution in [0.15, 0.2) is 60.7 Å². The standard InChI is InChI=1S/C20H14Cl2O2/c1-24-16-8-7-13-11-15(6-5-14(13)12-16)20(23)10-9-17-18(21)3-2-4-19(17)22/h2-12H,1H3/b10-9+. The molecule has 0 aliphatic rings. The van der Waals surface area contributed by atoms with Crippen LogP contribution < -0.4 is 4.74 Å². The van der Waals surface area contributed by atoms with Crippen molar-refractivity contribution in [1.29, 1.82) is 0 Å². The van der Waals surface area contributed by atoms with Crippen molar-refractivity contribution in [2.24, 2.45) is 0 Å². The number of ketones is 1. The smallest absolute Gasteiger partial charge is 0.185 e. The molecule has 0 saturated carbocycles. The van der Waals surface area contributed by atoms with E-state index in [1.54, 1.807) is 37.5 Å². The van der Waals surface area contributed by atoms with E-state index in [-0.39, 0.29) is 5.78 Å². The second kappa shape index (κ2) is 7.08. The average molecular weight is 357 g/mol. The topological polar surface area (TPSA) is 26.3 Å². The van der Waals surface area contributed by atoms with Gasteiger partial charge in [0.25, 0.3) is 0 Å². The van der Waals surface area contributed by atoms with Crippen molar-refractivity contribution in [3.63, 3.8) is 0 Å². The quantitative estimate of drug-likeness (QED) is 0.420. The Bertz CT molecular complexity index is 925. The van der Waals surface area contributed by atoms with Gasteiger partial charge in [-0.15, -0.1) is 0 Å². The monoisotopic (exact) mass is 356 g/mol. The molecule has 0 fully saturated rings. The van der Waals surface area contributed by atoms with Gasteiger partial charge in [-0.3, -0.25) is 4.79 Å². The molecule has 0 atom stereocenters. The lowest BCUT2D eigenvalue weighted by molar-refractivity contribution is 0.104. The van der Waals surface area contributed by atoms with Gasteiger partial charge in [0.2, 0.25) is 0 Å². The maximum Gasteiger partial charge on any atom is 0.185 e. The van der Waals surface area contributed by atoms with Crippen LogP contribution in [0.4, 0.5) is 0 Å². The Labute approximate surface area is 150 Å². The predicted molar refractivity (Wildman–Crippen MR) is 100 cm³/mol. The number of halogens is 2. The molecule has 0 radical (unpaired) electrons. The first-order valence-corrected chi connectivity index (χ1v) is 8.08. The lowest BCUT2D eigenvalue weighted by Crippen LogP contribution is -1.94. The van der Waals surface area contributed by atoms with E-state index in [0.29, 0.717) is 21.2 Å². The van der Waals surface area contributed by atoms with Gasteiger partial charge in [-0.25, -0.2) is 0 Å². The van der Waals surface area contributed by atoms with Gasteiger partial charge in [-0.2, -0.15) is 0 Å². The molecule has 0 heterocycles. The molecule has 0 saturated heterocycles. The van der Waals surface area contributed by atoms with Gasteiger partial charge in [-0.05, 0) is 53.3 Å². The molecule has 120 valence electrons. The van der Waals surface area contributed by atoms with E-state index in [0.717, 1.165) is 16.5 Å². The van der Waals surface area contributed by atoms with Crippen LogP contribution in [0.3, 0.4) is 0 Å². The molecule has 0 unspecified atom stereocenters. The molecule has 0 aromatic heterocycles. The van der Waals surface area contributed by atoms with E-state index < -0.39 is 0 Å². The number of allylic oxidation sites excluding steroid dienone is 1. The van der Waals surface area contributed by atoms with Crippen LogP contribution in [0.2, 0.25) is 10.0 Å². The predicted octanol–water partition coefficient (Wildman–Crippen LogP) is 6.05. The zero-order chi connectivity index (χ0) is 17.1. The van der Waals surface area contributed by atoms with Crippen molar-refractivity contribution in [2.45, 2.75) is 0 Å². The third kappa shape index (κ3) is 3.45. The Morgan fingerprint density at radius 1 is 0.958 bits per heavy atom. The molecule has 0 aliphatic carbocycles. The first-order chi connectivity index (χ1) is 11.6. The number of hydrogen-bond donors (Lipinski definition) is 0. The van der Waals surface area contributed by atoms with Crippen molar-refractivity contribution >= 4 is 45.8 Å². The van der Waals surface area contributed by atoms with Crippen molar-refractivity contribution < 1.29 is 9.53 Å². The zero-order valence-electron chi connectivity index (χ0n) is 12.9. The summed E-state index contributed by atoms with van der Waals surface area (Å²) < 4.78 is 5.21. The zero-order valence-corrected chi connectivity index (χ0v) is 14.4. The molecule has 24 heavy (non-hydrogen) atoms. The van der Waals surface area contributed by atoms with Gasteiger partial charge in [0.05, 0.1) is 7.11 Å². The molecule has 3 aromatic rings. The van der Waals surface area contributed by atoms with E-state index in [1.165, 1.54) is 6.08 Å². The fraction of sp³-hybridized carbons (Fsp3) is 0.0500. The van der Waals surface area contributed by atoms with Crippen LogP contribution in [0.5, 0.6) is 5.75 Å². The maximum absolute atomic E-state index is 12.4. The fourth-order valence-electron chi connectivity index (χ4n) is 2.43. The van der Waals surface area contributed by atoms with Crippen LogP contribution in [0.1, 0.15) is 15.9 Å². The summed E-state index contributed by atoms with van der Waals surface area (Å²) in [6.07, 6.45) is 3.13. The lowest BCUT2D eigenvalue weighted by atomic mass is 10.0. The summed E-state index contributed by atoms with van der Waals surface area (Å²) in [5, 5.41) is 3.02. The van der Waals surface area contributed by atoms with Gasteiger partial charge in [0.1, 0.15) is 5.75 Å². The van der Waals surface area contributed by atoms with Crippen molar-refractivity contribution in [2.75, 3.05) is 7.11 Å². The highest BCUT2D eigenvalue weighted by Gasteiger charge is 2.06. The molecular weight excluding hydrogens is 343 g/mol. The van der Waals surface area contributed by atoms with Crippen LogP contribution in [0.25, 0.3) is 16.8 Å². The summed E-state index contributed by atoms with van der Waals surface area (Å²) in [6, 6.07) is 16.5. The summed E-state index contributed by atoms with van der Waals surface area (Å²) in [6.45, 7) is 0. The minimum Gasteiger partial charge on any atom is -0.497 e. The fourth-order valence-corrected chi connectivity index (χ4v) is 2.95. The number of carbonyl (C=O) groups excluding carboxylic acids is 1. The number of hydrogen-bond acceptors (Lipinski definition) is 2. The molecule has 3 aromatic carbocycles. The van der Waals surface area contributed by atoms with Crippen molar-refractivity contribution in [3.05, 3.63) is 81.8 Å². The minimum atomic E-state index is -0.108. The van der Waals surface area contributed by atoms with Crippen molar-refractivity contribution in [1.82, 2.24) is 0 Å². The molecule has 0 bridgehead atoms. The molecule has 0 N–H and O–H groups in total. The van der Waals surface area contributed by atoms with E-state index in [4.69, 9.17) is 27.9 Å². The number of methoxy groups -OCH3 is 1. The third-order valence-electron chi connectivity index (χ3n) is 3.73. The number of fused-ring (bicyclic) bond motifs is 1. The molecule has 2 nitrogen and oxygen atoms in total. The highest BCUT2D eigenvalue weighted by molar-refractivity contribution is 6.37. The van der Waals surface area contributed by atoms with Gasteiger partial charge in [0.15, 0.2) is 5.78 Å². The second-order valence-corrected chi connectivity index (χ2v) is 6.08. The number of benzene rings is 3. The molecule has 0 spiro atoms. The Balaban J connectivity index is 1.90. The van der Waals surface area contributed by atoms with Gasteiger partial charge < -0.3 is 4.74 Å². The minimum absolute atomic E-state index is 0.108. The molecule has 0 aliphatic heterocycles. The van der Waals surface area contributed by atoms with Gasteiger partial charge >= 0.3 is 0 Å². The Kier molecular flexibility index (Phi) is 4.89. The first kappa shape index (κ1) is 16.6. The summed E-state index contributed by atoms with van der Waals surface area (Å²) >= 11 is 12.2. The summed E-state index contributed by atoms with van der Waals surface area (Å²) in [5.74, 6) is 0.679. The van der Waals surface area contributed by atoms with Gasteiger partial charge in [0, 0.05) is 21.2 Å². The normalized spacial score (nSPS) is 11.1. The van der Waals surface area contributed by atoms with E-state index >= 15 is 0 Å². The third-order valence-corrected chi connectivity index (χ3v) is 4.39. The highest BCUT2D eigenvalue weighted by atomic mass is 35.5. The SMILES string of the molecule is COc1ccc2cc(C(=O)/C=C/c3c(Cl)cccc3Cl)ccc2c1. The van der Waals surface area contributed by atoms with Crippen LogP contribution >= 0.6 is 23.2 Å². The number of ether oxygens (including phenoxy) is 1. The largest absolute Gasteiger partial charge is 0.497 e. The Morgan fingerprint density at radius 3 is 2.33 bits per heavy atom. The Morgan fingerprint density at radius 2 is 1.62 bits per heavy atom. The molecule has 0 amide bonds. The van der Waals surface area contributed by atoms with Crippen LogP contribution in [0, 0.1) is 0 Å². The molecular formula is C20H14Cl2O2. The number of rotatable bonds is 4. The van der Waals surface area contributed by atoms with E-state index in [2.05, 4.69) is 0 Å². The average Bonchev–Trinajstić information content (AvgIpc) is 2.60. The second-order valence-electron chi connectivity index (χ2n) is 5.26. The van der Waals surface area contributed by atoms with Gasteiger partial charge in [-0.1, -0.05) is 47.5 Å². The summed E-state index contributed by atoms with van der Waals surface area (Å²) in [5.41, 5.74) is 1.24. The van der Waals surface area contributed by atoms with Crippen LogP contribution in [-0.2, 0) is 0 Å². The van der Waals surface area contributed by atoms with E-state index in [1.807, 2.05) is 30.3 Å². The molecule has 4 heteroatoms. The highest BCUT2D eigenvalue weighted by Crippen LogP contribution is 2.26. The first-order valence-electron chi connectivity index (χ1n) is 7.33. The van der Waals surface area contributed by atoms with Crippen LogP contribution in [-0.4, -0.2) is 12.9 Å². The van der Waals surface area contributed by atoms with E-state index in [9.17, 15) is 4.79 Å². The number of carbonyl (C=O) groups is 1. The lowest BCUT2D eigenvalue weighted by Gasteiger charge is -2.04. The molecule has 3 rings (SSSR count). The summed E-state index contributed by atoms with van der Waals surface area (Å²) in [4.78, 5) is 12.4. The maximum atomic E-state index is 12.4. The Hall–Kier alpha value is -2.29.